The van der Waals surface area contributed by atoms with Crippen molar-refractivity contribution in [1.29, 1.82) is 0 Å². The van der Waals surface area contributed by atoms with Crippen LogP contribution in [0.25, 0.3) is 5.69 Å². The Kier molecular flexibility index (Phi) is 6.21. The number of aromatic nitrogens is 2. The molecular formula is C23H25FN4O2. The summed E-state index contributed by atoms with van der Waals surface area (Å²) in [5, 5.41) is 12.5. The maximum atomic E-state index is 13.2. The monoisotopic (exact) mass is 408 g/mol. The SMILES string of the molecule is O=C(NCc1ccc(CN2CCC(O)CC2)cc1)c1cncn1-c1ccc(F)cc1. The molecular weight excluding hydrogens is 383 g/mol. The van der Waals surface area contributed by atoms with Crippen LogP contribution < -0.4 is 5.32 Å². The quantitative estimate of drug-likeness (QED) is 0.658. The standard InChI is InChI=1S/C23H25FN4O2/c24-19-5-7-20(8-6-19)28-16-25-14-22(28)23(30)26-13-17-1-3-18(4-2-17)15-27-11-9-21(29)10-12-27/h1-8,14,16,21,29H,9-13,15H2,(H,26,30). The van der Waals surface area contributed by atoms with E-state index in [1.54, 1.807) is 16.7 Å². The molecule has 1 aliphatic heterocycles. The summed E-state index contributed by atoms with van der Waals surface area (Å²) in [6.07, 6.45) is 4.54. The minimum atomic E-state index is -0.328. The summed E-state index contributed by atoms with van der Waals surface area (Å²) in [5.74, 6) is -0.570. The number of carbonyl (C=O) groups is 1. The smallest absolute Gasteiger partial charge is 0.270 e. The van der Waals surface area contributed by atoms with Gasteiger partial charge in [-0.3, -0.25) is 14.3 Å². The Morgan fingerprint density at radius 1 is 1.07 bits per heavy atom. The molecule has 2 aromatic carbocycles. The number of benzene rings is 2. The third-order valence-electron chi connectivity index (χ3n) is 5.42. The molecule has 2 N–H and O–H groups in total. The van der Waals surface area contributed by atoms with Gasteiger partial charge in [0.25, 0.3) is 5.91 Å². The van der Waals surface area contributed by atoms with Gasteiger partial charge in [0, 0.05) is 31.9 Å². The first-order valence-corrected chi connectivity index (χ1v) is 10.1. The van der Waals surface area contributed by atoms with Gasteiger partial charge in [-0.25, -0.2) is 9.37 Å². The summed E-state index contributed by atoms with van der Waals surface area (Å²) in [5.41, 5.74) is 3.30. The van der Waals surface area contributed by atoms with Crippen molar-refractivity contribution < 1.29 is 14.3 Å². The van der Waals surface area contributed by atoms with E-state index in [1.165, 1.54) is 30.2 Å². The molecule has 2 heterocycles. The van der Waals surface area contributed by atoms with Crippen molar-refractivity contribution in [3.05, 3.63) is 83.7 Å². The molecule has 6 nitrogen and oxygen atoms in total. The van der Waals surface area contributed by atoms with E-state index in [4.69, 9.17) is 0 Å². The van der Waals surface area contributed by atoms with Crippen LogP contribution in [0.4, 0.5) is 4.39 Å². The Bertz CT molecular complexity index is 977. The third kappa shape index (κ3) is 4.93. The van der Waals surface area contributed by atoms with E-state index in [1.807, 2.05) is 12.1 Å². The van der Waals surface area contributed by atoms with Crippen LogP contribution in [0.15, 0.2) is 61.1 Å². The van der Waals surface area contributed by atoms with E-state index in [0.29, 0.717) is 17.9 Å². The number of nitrogens with one attached hydrogen (secondary N) is 1. The Morgan fingerprint density at radius 2 is 1.73 bits per heavy atom. The van der Waals surface area contributed by atoms with Crippen molar-refractivity contribution in [3.8, 4) is 5.69 Å². The predicted octanol–water partition coefficient (Wildman–Crippen LogP) is 2.90. The summed E-state index contributed by atoms with van der Waals surface area (Å²) in [4.78, 5) is 19.0. The molecule has 0 aliphatic carbocycles. The van der Waals surface area contributed by atoms with Gasteiger partial charge < -0.3 is 10.4 Å². The molecule has 156 valence electrons. The first-order valence-electron chi connectivity index (χ1n) is 10.1. The molecule has 1 aromatic heterocycles. The molecule has 0 radical (unpaired) electrons. The second kappa shape index (κ2) is 9.19. The highest BCUT2D eigenvalue weighted by atomic mass is 19.1. The van der Waals surface area contributed by atoms with E-state index in [2.05, 4.69) is 27.3 Å². The normalized spacial score (nSPS) is 15.3. The van der Waals surface area contributed by atoms with Gasteiger partial charge >= 0.3 is 0 Å². The van der Waals surface area contributed by atoms with Crippen LogP contribution in [0, 0.1) is 5.82 Å². The summed E-state index contributed by atoms with van der Waals surface area (Å²) in [7, 11) is 0. The number of hydrogen-bond acceptors (Lipinski definition) is 4. The molecule has 1 aliphatic rings. The summed E-state index contributed by atoms with van der Waals surface area (Å²) in [6.45, 7) is 3.11. The van der Waals surface area contributed by atoms with E-state index in [-0.39, 0.29) is 17.8 Å². The minimum Gasteiger partial charge on any atom is -0.393 e. The number of rotatable bonds is 6. The lowest BCUT2D eigenvalue weighted by Gasteiger charge is -2.29. The number of nitrogens with zero attached hydrogens (tertiary/aromatic N) is 3. The third-order valence-corrected chi connectivity index (χ3v) is 5.42. The lowest BCUT2D eigenvalue weighted by Crippen LogP contribution is -2.35. The molecule has 1 amide bonds. The number of amides is 1. The fourth-order valence-corrected chi connectivity index (χ4v) is 3.64. The zero-order valence-corrected chi connectivity index (χ0v) is 16.7. The number of halogens is 1. The highest BCUT2D eigenvalue weighted by Crippen LogP contribution is 2.15. The van der Waals surface area contributed by atoms with Crippen LogP contribution in [0.2, 0.25) is 0 Å². The highest BCUT2D eigenvalue weighted by molar-refractivity contribution is 5.92. The fourth-order valence-electron chi connectivity index (χ4n) is 3.64. The van der Waals surface area contributed by atoms with Crippen LogP contribution in [0.1, 0.15) is 34.5 Å². The topological polar surface area (TPSA) is 70.4 Å². The van der Waals surface area contributed by atoms with Gasteiger partial charge in [0.15, 0.2) is 0 Å². The Labute approximate surface area is 175 Å². The van der Waals surface area contributed by atoms with Gasteiger partial charge in [-0.1, -0.05) is 24.3 Å². The molecule has 0 unspecified atom stereocenters. The first-order chi connectivity index (χ1) is 14.6. The van der Waals surface area contributed by atoms with E-state index >= 15 is 0 Å². The largest absolute Gasteiger partial charge is 0.393 e. The second-order valence-corrected chi connectivity index (χ2v) is 7.63. The minimum absolute atomic E-state index is 0.161. The maximum Gasteiger partial charge on any atom is 0.270 e. The molecule has 1 fully saturated rings. The van der Waals surface area contributed by atoms with Crippen molar-refractivity contribution in [2.45, 2.75) is 32.0 Å². The molecule has 0 spiro atoms. The molecule has 0 atom stereocenters. The molecule has 30 heavy (non-hydrogen) atoms. The Hall–Kier alpha value is -3.03. The molecule has 7 heteroatoms. The Balaban J connectivity index is 1.33. The summed E-state index contributed by atoms with van der Waals surface area (Å²) >= 11 is 0. The number of piperidine rings is 1. The van der Waals surface area contributed by atoms with Crippen molar-refractivity contribution in [3.63, 3.8) is 0 Å². The van der Waals surface area contributed by atoms with Crippen molar-refractivity contribution in [2.75, 3.05) is 13.1 Å². The lowest BCUT2D eigenvalue weighted by molar-refractivity contribution is 0.0792. The Morgan fingerprint density at radius 3 is 2.43 bits per heavy atom. The second-order valence-electron chi connectivity index (χ2n) is 7.63. The number of imidazole rings is 1. The van der Waals surface area contributed by atoms with Crippen molar-refractivity contribution in [1.82, 2.24) is 19.8 Å². The molecule has 0 saturated carbocycles. The van der Waals surface area contributed by atoms with Gasteiger partial charge in [-0.15, -0.1) is 0 Å². The molecule has 3 aromatic rings. The van der Waals surface area contributed by atoms with Gasteiger partial charge in [0.2, 0.25) is 0 Å². The maximum absolute atomic E-state index is 13.2. The zero-order valence-electron chi connectivity index (χ0n) is 16.7. The van der Waals surface area contributed by atoms with Gasteiger partial charge in [-0.2, -0.15) is 0 Å². The highest BCUT2D eigenvalue weighted by Gasteiger charge is 2.17. The molecule has 0 bridgehead atoms. The van der Waals surface area contributed by atoms with Crippen molar-refractivity contribution in [2.24, 2.45) is 0 Å². The van der Waals surface area contributed by atoms with E-state index < -0.39 is 0 Å². The van der Waals surface area contributed by atoms with Crippen molar-refractivity contribution >= 4 is 5.91 Å². The van der Waals surface area contributed by atoms with Crippen LogP contribution in [-0.4, -0.2) is 44.7 Å². The summed E-state index contributed by atoms with van der Waals surface area (Å²) < 4.78 is 14.8. The lowest BCUT2D eigenvalue weighted by atomic mass is 10.1. The number of carbonyl (C=O) groups excluding carboxylic acids is 1. The summed E-state index contributed by atoms with van der Waals surface area (Å²) in [6, 6.07) is 14.1. The van der Waals surface area contributed by atoms with Gasteiger partial charge in [0.1, 0.15) is 11.5 Å². The molecule has 1 saturated heterocycles. The van der Waals surface area contributed by atoms with Crippen LogP contribution in [0.3, 0.4) is 0 Å². The predicted molar refractivity (Wildman–Crippen MR) is 112 cm³/mol. The number of aliphatic hydroxyl groups excluding tert-OH is 1. The number of hydrogen-bond donors (Lipinski definition) is 2. The average Bonchev–Trinajstić information content (AvgIpc) is 3.25. The van der Waals surface area contributed by atoms with Crippen LogP contribution in [-0.2, 0) is 13.1 Å². The van der Waals surface area contributed by atoms with E-state index in [9.17, 15) is 14.3 Å². The fraction of sp³-hybridized carbons (Fsp3) is 0.304. The first kappa shape index (κ1) is 20.3. The van der Waals surface area contributed by atoms with Gasteiger partial charge in [0.05, 0.1) is 18.6 Å². The van der Waals surface area contributed by atoms with Crippen LogP contribution in [0.5, 0.6) is 0 Å². The van der Waals surface area contributed by atoms with E-state index in [0.717, 1.165) is 38.0 Å². The van der Waals surface area contributed by atoms with Crippen LogP contribution >= 0.6 is 0 Å². The zero-order chi connectivity index (χ0) is 20.9. The average molecular weight is 408 g/mol. The molecule has 4 rings (SSSR count). The number of likely N-dealkylation sites (tertiary alicyclic amines) is 1. The van der Waals surface area contributed by atoms with Gasteiger partial charge in [-0.05, 0) is 48.2 Å². The number of aliphatic hydroxyl groups is 1.